The summed E-state index contributed by atoms with van der Waals surface area (Å²) in [5.74, 6) is -0.341. The molecule has 1 heterocycles. The lowest BCUT2D eigenvalue weighted by Gasteiger charge is -2.19. The van der Waals surface area contributed by atoms with E-state index in [1.807, 2.05) is 0 Å². The van der Waals surface area contributed by atoms with E-state index in [-0.39, 0.29) is 37.9 Å². The van der Waals surface area contributed by atoms with E-state index in [2.05, 4.69) is 9.97 Å². The summed E-state index contributed by atoms with van der Waals surface area (Å²) < 4.78 is 0. The predicted octanol–water partition coefficient (Wildman–Crippen LogP) is -1.10. The van der Waals surface area contributed by atoms with Crippen LogP contribution in [0.4, 0.5) is 0 Å². The van der Waals surface area contributed by atoms with Crippen molar-refractivity contribution < 1.29 is 15.0 Å². The van der Waals surface area contributed by atoms with Crippen molar-refractivity contribution in [1.82, 2.24) is 14.9 Å². The fraction of sp³-hybridized carbons (Fsp3) is 0.444. The molecule has 0 unspecified atom stereocenters. The zero-order chi connectivity index (χ0) is 11.1. The molecule has 1 aromatic rings. The zero-order valence-corrected chi connectivity index (χ0v) is 8.20. The molecule has 2 N–H and O–H groups in total. The third-order valence-electron chi connectivity index (χ3n) is 1.81. The molecule has 0 aliphatic carbocycles. The van der Waals surface area contributed by atoms with E-state index in [4.69, 9.17) is 10.2 Å². The zero-order valence-electron chi connectivity index (χ0n) is 8.20. The van der Waals surface area contributed by atoms with Crippen molar-refractivity contribution in [3.05, 3.63) is 24.3 Å². The van der Waals surface area contributed by atoms with E-state index < -0.39 is 0 Å². The molecule has 0 fully saturated rings. The number of aromatic nitrogens is 2. The molecule has 1 amide bonds. The molecule has 0 spiro atoms. The summed E-state index contributed by atoms with van der Waals surface area (Å²) >= 11 is 0. The maximum absolute atomic E-state index is 11.7. The molecule has 15 heavy (non-hydrogen) atoms. The quantitative estimate of drug-likeness (QED) is 0.646. The molecule has 0 aromatic carbocycles. The van der Waals surface area contributed by atoms with Crippen LogP contribution in [0.5, 0.6) is 0 Å². The van der Waals surface area contributed by atoms with Crippen LogP contribution in [0, 0.1) is 0 Å². The number of hydrogen-bond acceptors (Lipinski definition) is 5. The Bertz CT molecular complexity index is 299. The Morgan fingerprint density at radius 3 is 2.40 bits per heavy atom. The molecule has 1 aromatic heterocycles. The lowest BCUT2D eigenvalue weighted by molar-refractivity contribution is 0.0678. The van der Waals surface area contributed by atoms with Crippen LogP contribution < -0.4 is 0 Å². The van der Waals surface area contributed by atoms with Crippen molar-refractivity contribution in [3.63, 3.8) is 0 Å². The SMILES string of the molecule is O=C(c1cnccn1)N(CCO)CCO. The summed E-state index contributed by atoms with van der Waals surface area (Å²) in [6, 6.07) is 0. The fourth-order valence-corrected chi connectivity index (χ4v) is 1.13. The smallest absolute Gasteiger partial charge is 0.274 e. The summed E-state index contributed by atoms with van der Waals surface area (Å²) in [7, 11) is 0. The summed E-state index contributed by atoms with van der Waals surface area (Å²) in [6.45, 7) is 0.0595. The highest BCUT2D eigenvalue weighted by molar-refractivity contribution is 5.91. The average molecular weight is 211 g/mol. The number of amides is 1. The van der Waals surface area contributed by atoms with Crippen molar-refractivity contribution in [2.75, 3.05) is 26.3 Å². The number of carbonyl (C=O) groups excluding carboxylic acids is 1. The molecule has 82 valence electrons. The molecule has 6 heteroatoms. The van der Waals surface area contributed by atoms with Gasteiger partial charge in [0.15, 0.2) is 0 Å². The van der Waals surface area contributed by atoms with Crippen LogP contribution in [0.1, 0.15) is 10.5 Å². The first-order valence-electron chi connectivity index (χ1n) is 4.56. The predicted molar refractivity (Wildman–Crippen MR) is 52.1 cm³/mol. The standard InChI is InChI=1S/C9H13N3O3/c13-5-3-12(4-6-14)9(15)8-7-10-1-2-11-8/h1-2,7,13-14H,3-6H2. The maximum atomic E-state index is 11.7. The van der Waals surface area contributed by atoms with Crippen LogP contribution >= 0.6 is 0 Å². The van der Waals surface area contributed by atoms with Gasteiger partial charge >= 0.3 is 0 Å². The van der Waals surface area contributed by atoms with Crippen LogP contribution in [0.25, 0.3) is 0 Å². The summed E-state index contributed by atoms with van der Waals surface area (Å²) in [5.41, 5.74) is 0.208. The van der Waals surface area contributed by atoms with E-state index in [9.17, 15) is 4.79 Å². The van der Waals surface area contributed by atoms with Crippen LogP contribution in [-0.4, -0.2) is 57.3 Å². The van der Waals surface area contributed by atoms with E-state index in [1.54, 1.807) is 0 Å². The van der Waals surface area contributed by atoms with Gasteiger partial charge in [-0.15, -0.1) is 0 Å². The van der Waals surface area contributed by atoms with Crippen LogP contribution in [0.2, 0.25) is 0 Å². The van der Waals surface area contributed by atoms with Crippen LogP contribution in [0.15, 0.2) is 18.6 Å². The van der Waals surface area contributed by atoms with Crippen molar-refractivity contribution in [2.24, 2.45) is 0 Å². The van der Waals surface area contributed by atoms with E-state index in [0.717, 1.165) is 0 Å². The summed E-state index contributed by atoms with van der Waals surface area (Å²) in [4.78, 5) is 20.7. The number of hydrogen-bond donors (Lipinski definition) is 2. The number of nitrogens with zero attached hydrogens (tertiary/aromatic N) is 3. The average Bonchev–Trinajstić information content (AvgIpc) is 2.29. The number of carbonyl (C=O) groups is 1. The molecule has 1 rings (SSSR count). The lowest BCUT2D eigenvalue weighted by atomic mass is 10.3. The molecule has 6 nitrogen and oxygen atoms in total. The summed E-state index contributed by atoms with van der Waals surface area (Å²) in [5, 5.41) is 17.5. The maximum Gasteiger partial charge on any atom is 0.274 e. The Hall–Kier alpha value is -1.53. The third kappa shape index (κ3) is 3.26. The minimum absolute atomic E-state index is 0.147. The van der Waals surface area contributed by atoms with Crippen molar-refractivity contribution in [1.29, 1.82) is 0 Å². The van der Waals surface area contributed by atoms with Gasteiger partial charge < -0.3 is 15.1 Å². The minimum atomic E-state index is -0.341. The first kappa shape index (κ1) is 11.5. The van der Waals surface area contributed by atoms with Gasteiger partial charge in [0.25, 0.3) is 5.91 Å². The van der Waals surface area contributed by atoms with Gasteiger partial charge in [-0.3, -0.25) is 9.78 Å². The van der Waals surface area contributed by atoms with E-state index >= 15 is 0 Å². The highest BCUT2D eigenvalue weighted by Gasteiger charge is 2.15. The molecule has 0 aliphatic rings. The van der Waals surface area contributed by atoms with Gasteiger partial charge in [-0.1, -0.05) is 0 Å². The van der Waals surface area contributed by atoms with Crippen LogP contribution in [-0.2, 0) is 0 Å². The highest BCUT2D eigenvalue weighted by atomic mass is 16.3. The van der Waals surface area contributed by atoms with Gasteiger partial charge in [0, 0.05) is 25.5 Å². The largest absolute Gasteiger partial charge is 0.395 e. The Morgan fingerprint density at radius 2 is 1.93 bits per heavy atom. The second kappa shape index (κ2) is 6.05. The second-order valence-corrected chi connectivity index (χ2v) is 2.83. The third-order valence-corrected chi connectivity index (χ3v) is 1.81. The number of rotatable bonds is 5. The van der Waals surface area contributed by atoms with Gasteiger partial charge in [-0.05, 0) is 0 Å². The monoisotopic (exact) mass is 211 g/mol. The molecular weight excluding hydrogens is 198 g/mol. The van der Waals surface area contributed by atoms with Crippen molar-refractivity contribution in [3.8, 4) is 0 Å². The van der Waals surface area contributed by atoms with Gasteiger partial charge in [-0.2, -0.15) is 0 Å². The van der Waals surface area contributed by atoms with Crippen molar-refractivity contribution >= 4 is 5.91 Å². The highest BCUT2D eigenvalue weighted by Crippen LogP contribution is 1.98. The van der Waals surface area contributed by atoms with E-state index in [1.165, 1.54) is 23.5 Å². The Labute approximate surface area is 87.2 Å². The molecule has 0 aliphatic heterocycles. The Morgan fingerprint density at radius 1 is 1.27 bits per heavy atom. The lowest BCUT2D eigenvalue weighted by Crippen LogP contribution is -2.36. The Balaban J connectivity index is 2.71. The molecule has 0 atom stereocenters. The van der Waals surface area contributed by atoms with Crippen molar-refractivity contribution in [2.45, 2.75) is 0 Å². The van der Waals surface area contributed by atoms with Gasteiger partial charge in [0.05, 0.1) is 19.4 Å². The second-order valence-electron chi connectivity index (χ2n) is 2.83. The topological polar surface area (TPSA) is 86.6 Å². The molecule has 0 bridgehead atoms. The molecule has 0 saturated heterocycles. The van der Waals surface area contributed by atoms with Gasteiger partial charge in [0.1, 0.15) is 5.69 Å². The summed E-state index contributed by atoms with van der Waals surface area (Å²) in [6.07, 6.45) is 4.24. The minimum Gasteiger partial charge on any atom is -0.395 e. The van der Waals surface area contributed by atoms with Gasteiger partial charge in [-0.25, -0.2) is 4.98 Å². The molecule has 0 radical (unpaired) electrons. The molecular formula is C9H13N3O3. The molecule has 0 saturated carbocycles. The number of aliphatic hydroxyl groups excluding tert-OH is 2. The first-order chi connectivity index (χ1) is 7.29. The van der Waals surface area contributed by atoms with E-state index in [0.29, 0.717) is 0 Å². The Kier molecular flexibility index (Phi) is 4.65. The van der Waals surface area contributed by atoms with Gasteiger partial charge in [0.2, 0.25) is 0 Å². The number of aliphatic hydroxyl groups is 2. The van der Waals surface area contributed by atoms with Crippen LogP contribution in [0.3, 0.4) is 0 Å². The fourth-order valence-electron chi connectivity index (χ4n) is 1.13. The first-order valence-corrected chi connectivity index (χ1v) is 4.56. The normalized spacial score (nSPS) is 10.0.